The van der Waals surface area contributed by atoms with Crippen molar-refractivity contribution < 1.29 is 0 Å². The van der Waals surface area contributed by atoms with Gasteiger partial charge in [0.1, 0.15) is 0 Å². The standard InChI is InChI=1S/C24H27N3.ClH/c25-19-13-14-27(16-19)24-20-9-5-2-6-10-22(20)26-23-12-11-18(15-21(23)24)17-7-3-1-4-8-17;/h1,3-4,7-8,11-12,15,19H,2,5-6,9-10,13-14,16,25H2;1H/t19-;/m0./s1. The average molecular weight is 394 g/mol. The Kier molecular flexibility index (Phi) is 5.56. The van der Waals surface area contributed by atoms with Crippen LogP contribution in [0.5, 0.6) is 0 Å². The molecule has 0 spiro atoms. The highest BCUT2D eigenvalue weighted by molar-refractivity contribution is 5.97. The van der Waals surface area contributed by atoms with Crippen LogP contribution in [0.15, 0.2) is 48.5 Å². The first-order chi connectivity index (χ1) is 13.3. The van der Waals surface area contributed by atoms with Gasteiger partial charge in [-0.25, -0.2) is 0 Å². The van der Waals surface area contributed by atoms with Gasteiger partial charge in [0.25, 0.3) is 0 Å². The van der Waals surface area contributed by atoms with Gasteiger partial charge in [-0.2, -0.15) is 0 Å². The van der Waals surface area contributed by atoms with E-state index in [2.05, 4.69) is 53.4 Å². The van der Waals surface area contributed by atoms with E-state index in [1.54, 1.807) is 0 Å². The summed E-state index contributed by atoms with van der Waals surface area (Å²) in [7, 11) is 0. The topological polar surface area (TPSA) is 42.1 Å². The molecule has 1 aliphatic heterocycles. The van der Waals surface area contributed by atoms with Crippen LogP contribution in [-0.2, 0) is 12.8 Å². The number of halogens is 1. The van der Waals surface area contributed by atoms with Crippen molar-refractivity contribution in [1.82, 2.24) is 4.98 Å². The zero-order valence-electron chi connectivity index (χ0n) is 16.2. The van der Waals surface area contributed by atoms with Crippen molar-refractivity contribution in [2.24, 2.45) is 5.73 Å². The van der Waals surface area contributed by atoms with Crippen LogP contribution in [0.4, 0.5) is 5.69 Å². The third kappa shape index (κ3) is 3.49. The quantitative estimate of drug-likeness (QED) is 0.613. The lowest BCUT2D eigenvalue weighted by molar-refractivity contribution is 0.708. The molecule has 1 aliphatic carbocycles. The number of anilines is 1. The monoisotopic (exact) mass is 393 g/mol. The van der Waals surface area contributed by atoms with Gasteiger partial charge in [-0.1, -0.05) is 42.8 Å². The molecular weight excluding hydrogens is 366 g/mol. The van der Waals surface area contributed by atoms with Crippen LogP contribution >= 0.6 is 12.4 Å². The summed E-state index contributed by atoms with van der Waals surface area (Å²) in [5, 5.41) is 1.30. The van der Waals surface area contributed by atoms with E-state index in [1.165, 1.54) is 52.7 Å². The second kappa shape index (κ2) is 8.10. The SMILES string of the molecule is Cl.N[C@H]1CCN(c2c3c(nc4ccc(-c5ccccc5)cc24)CCCCC3)C1. The van der Waals surface area contributed by atoms with Crippen LogP contribution in [-0.4, -0.2) is 24.1 Å². The van der Waals surface area contributed by atoms with Crippen LogP contribution in [0.2, 0.25) is 0 Å². The Morgan fingerprint density at radius 2 is 1.75 bits per heavy atom. The first kappa shape index (κ1) is 19.2. The van der Waals surface area contributed by atoms with E-state index >= 15 is 0 Å². The molecule has 2 aliphatic rings. The maximum atomic E-state index is 6.28. The van der Waals surface area contributed by atoms with Crippen molar-refractivity contribution in [3.8, 4) is 11.1 Å². The molecule has 0 saturated carbocycles. The lowest BCUT2D eigenvalue weighted by Crippen LogP contribution is -2.27. The fraction of sp³-hybridized carbons (Fsp3) is 0.375. The van der Waals surface area contributed by atoms with Crippen molar-refractivity contribution in [3.05, 3.63) is 59.8 Å². The molecule has 2 heterocycles. The summed E-state index contributed by atoms with van der Waals surface area (Å²) in [6.45, 7) is 2.02. The maximum Gasteiger partial charge on any atom is 0.0726 e. The Labute approximate surface area is 173 Å². The van der Waals surface area contributed by atoms with Crippen LogP contribution in [0, 0.1) is 0 Å². The summed E-state index contributed by atoms with van der Waals surface area (Å²) in [6.07, 6.45) is 7.17. The van der Waals surface area contributed by atoms with Crippen LogP contribution in [0.25, 0.3) is 22.0 Å². The minimum Gasteiger partial charge on any atom is -0.369 e. The number of aromatic nitrogens is 1. The van der Waals surface area contributed by atoms with E-state index in [1.807, 2.05) is 0 Å². The second-order valence-corrected chi connectivity index (χ2v) is 8.04. The zero-order valence-corrected chi connectivity index (χ0v) is 17.0. The van der Waals surface area contributed by atoms with E-state index in [-0.39, 0.29) is 18.4 Å². The molecule has 0 amide bonds. The average Bonchev–Trinajstić information content (AvgIpc) is 2.99. The van der Waals surface area contributed by atoms with Crippen LogP contribution in [0.1, 0.15) is 36.9 Å². The number of rotatable bonds is 2. The molecule has 0 radical (unpaired) electrons. The zero-order chi connectivity index (χ0) is 18.2. The fourth-order valence-electron chi connectivity index (χ4n) is 4.74. The Bertz CT molecular complexity index is 970. The normalized spacial score (nSPS) is 19.2. The van der Waals surface area contributed by atoms with Gasteiger partial charge in [0.2, 0.25) is 0 Å². The summed E-state index contributed by atoms with van der Waals surface area (Å²) in [5.74, 6) is 0. The number of fused-ring (bicyclic) bond motifs is 2. The fourth-order valence-corrected chi connectivity index (χ4v) is 4.74. The molecule has 1 fully saturated rings. The first-order valence-corrected chi connectivity index (χ1v) is 10.3. The highest BCUT2D eigenvalue weighted by Crippen LogP contribution is 2.38. The van der Waals surface area contributed by atoms with E-state index in [0.717, 1.165) is 37.9 Å². The minimum absolute atomic E-state index is 0. The van der Waals surface area contributed by atoms with Gasteiger partial charge in [-0.15, -0.1) is 12.4 Å². The lowest BCUT2D eigenvalue weighted by atomic mass is 9.97. The third-order valence-corrected chi connectivity index (χ3v) is 6.13. The summed E-state index contributed by atoms with van der Waals surface area (Å²) in [4.78, 5) is 7.64. The van der Waals surface area contributed by atoms with E-state index < -0.39 is 0 Å². The molecule has 1 aromatic heterocycles. The van der Waals surface area contributed by atoms with Gasteiger partial charge >= 0.3 is 0 Å². The van der Waals surface area contributed by atoms with Crippen LogP contribution < -0.4 is 10.6 Å². The van der Waals surface area contributed by atoms with E-state index in [0.29, 0.717) is 0 Å². The first-order valence-electron chi connectivity index (χ1n) is 10.3. The molecule has 2 N–H and O–H groups in total. The highest BCUT2D eigenvalue weighted by atomic mass is 35.5. The molecule has 2 aromatic carbocycles. The van der Waals surface area contributed by atoms with E-state index in [4.69, 9.17) is 10.7 Å². The number of aryl methyl sites for hydroxylation is 1. The van der Waals surface area contributed by atoms with Crippen molar-refractivity contribution in [2.75, 3.05) is 18.0 Å². The summed E-state index contributed by atoms with van der Waals surface area (Å²) in [5.41, 5.74) is 14.2. The Hall–Kier alpha value is -2.10. The molecular formula is C24H28ClN3. The van der Waals surface area contributed by atoms with Crippen LogP contribution in [0.3, 0.4) is 0 Å². The molecule has 4 heteroatoms. The van der Waals surface area contributed by atoms with Crippen molar-refractivity contribution in [3.63, 3.8) is 0 Å². The van der Waals surface area contributed by atoms with E-state index in [9.17, 15) is 0 Å². The van der Waals surface area contributed by atoms with Gasteiger partial charge in [-0.05, 0) is 60.9 Å². The molecule has 0 unspecified atom stereocenters. The number of pyridine rings is 1. The number of benzene rings is 2. The molecule has 3 nitrogen and oxygen atoms in total. The molecule has 0 bridgehead atoms. The lowest BCUT2D eigenvalue weighted by Gasteiger charge is -2.25. The minimum atomic E-state index is 0. The number of nitrogens with two attached hydrogens (primary N) is 1. The smallest absolute Gasteiger partial charge is 0.0726 e. The number of hydrogen-bond acceptors (Lipinski definition) is 3. The highest BCUT2D eigenvalue weighted by Gasteiger charge is 2.26. The Morgan fingerprint density at radius 1 is 0.929 bits per heavy atom. The Morgan fingerprint density at radius 3 is 2.54 bits per heavy atom. The summed E-state index contributed by atoms with van der Waals surface area (Å²) >= 11 is 0. The van der Waals surface area contributed by atoms with Crippen molar-refractivity contribution in [1.29, 1.82) is 0 Å². The van der Waals surface area contributed by atoms with Gasteiger partial charge in [0, 0.05) is 30.2 Å². The van der Waals surface area contributed by atoms with Crippen molar-refractivity contribution >= 4 is 29.0 Å². The number of hydrogen-bond donors (Lipinski definition) is 1. The summed E-state index contributed by atoms with van der Waals surface area (Å²) in [6, 6.07) is 17.7. The maximum absolute atomic E-state index is 6.28. The molecule has 28 heavy (non-hydrogen) atoms. The second-order valence-electron chi connectivity index (χ2n) is 8.04. The Balaban J connectivity index is 0.00000192. The van der Waals surface area contributed by atoms with Gasteiger partial charge in [0.05, 0.1) is 11.2 Å². The third-order valence-electron chi connectivity index (χ3n) is 6.13. The predicted octanol–water partition coefficient (Wildman–Crippen LogP) is 5.13. The van der Waals surface area contributed by atoms with Gasteiger partial charge < -0.3 is 10.6 Å². The van der Waals surface area contributed by atoms with Gasteiger partial charge in [0.15, 0.2) is 0 Å². The number of nitrogens with zero attached hydrogens (tertiary/aromatic N) is 2. The molecule has 1 atom stereocenters. The summed E-state index contributed by atoms with van der Waals surface area (Å²) < 4.78 is 0. The molecule has 1 saturated heterocycles. The van der Waals surface area contributed by atoms with Gasteiger partial charge in [-0.3, -0.25) is 4.98 Å². The largest absolute Gasteiger partial charge is 0.369 e. The van der Waals surface area contributed by atoms with Crippen molar-refractivity contribution in [2.45, 2.75) is 44.6 Å². The molecule has 3 aromatic rings. The predicted molar refractivity (Wildman–Crippen MR) is 120 cm³/mol. The molecule has 5 rings (SSSR count). The molecule has 146 valence electrons.